The Morgan fingerprint density at radius 1 is 1.37 bits per heavy atom. The van der Waals surface area contributed by atoms with Crippen molar-refractivity contribution in [3.8, 4) is 0 Å². The minimum Gasteiger partial charge on any atom is -0.445 e. The summed E-state index contributed by atoms with van der Waals surface area (Å²) in [6.45, 7) is 2.10. The number of amides is 1. The second kappa shape index (κ2) is 7.14. The molecular formula is C15H22N2O2. The van der Waals surface area contributed by atoms with Crippen molar-refractivity contribution in [3.63, 3.8) is 0 Å². The number of ether oxygens (including phenoxy) is 1. The van der Waals surface area contributed by atoms with Gasteiger partial charge in [0, 0.05) is 19.6 Å². The molecule has 0 radical (unpaired) electrons. The van der Waals surface area contributed by atoms with Gasteiger partial charge in [0.1, 0.15) is 6.61 Å². The first kappa shape index (κ1) is 13.9. The Bertz CT molecular complexity index is 388. The Hall–Kier alpha value is -1.55. The molecule has 1 heterocycles. The fourth-order valence-electron chi connectivity index (χ4n) is 2.31. The molecule has 1 amide bonds. The molecule has 1 aromatic carbocycles. The van der Waals surface area contributed by atoms with Crippen LogP contribution in [-0.4, -0.2) is 37.2 Å². The number of benzene rings is 1. The monoisotopic (exact) mass is 262 g/mol. The quantitative estimate of drug-likeness (QED) is 0.906. The maximum Gasteiger partial charge on any atom is 0.409 e. The number of carbonyl (C=O) groups excluding carboxylic acids is 1. The summed E-state index contributed by atoms with van der Waals surface area (Å²) in [4.78, 5) is 13.5. The number of nitrogens with one attached hydrogen (secondary N) is 1. The van der Waals surface area contributed by atoms with Crippen LogP contribution in [0.25, 0.3) is 0 Å². The first-order valence-corrected chi connectivity index (χ1v) is 6.91. The summed E-state index contributed by atoms with van der Waals surface area (Å²) in [5.74, 6) is 0. The molecule has 19 heavy (non-hydrogen) atoms. The number of hydrogen-bond acceptors (Lipinski definition) is 3. The van der Waals surface area contributed by atoms with Gasteiger partial charge in [0.05, 0.1) is 0 Å². The van der Waals surface area contributed by atoms with Gasteiger partial charge in [-0.1, -0.05) is 36.8 Å². The van der Waals surface area contributed by atoms with E-state index in [4.69, 9.17) is 4.74 Å². The van der Waals surface area contributed by atoms with E-state index in [1.807, 2.05) is 30.3 Å². The third-order valence-electron chi connectivity index (χ3n) is 3.42. The molecule has 1 saturated heterocycles. The van der Waals surface area contributed by atoms with E-state index in [9.17, 15) is 4.79 Å². The number of carbonyl (C=O) groups is 1. The van der Waals surface area contributed by atoms with Crippen LogP contribution in [0.3, 0.4) is 0 Å². The zero-order valence-corrected chi connectivity index (χ0v) is 11.5. The Kier molecular flexibility index (Phi) is 5.21. The van der Waals surface area contributed by atoms with Crippen molar-refractivity contribution in [1.29, 1.82) is 0 Å². The van der Waals surface area contributed by atoms with Crippen molar-refractivity contribution in [2.75, 3.05) is 20.1 Å². The highest BCUT2D eigenvalue weighted by Gasteiger charge is 2.18. The van der Waals surface area contributed by atoms with E-state index in [1.54, 1.807) is 11.9 Å². The summed E-state index contributed by atoms with van der Waals surface area (Å²) in [7, 11) is 1.80. The summed E-state index contributed by atoms with van der Waals surface area (Å²) < 4.78 is 5.29. The Labute approximate surface area is 114 Å². The fraction of sp³-hybridized carbons (Fsp3) is 0.533. The predicted molar refractivity (Wildman–Crippen MR) is 74.9 cm³/mol. The van der Waals surface area contributed by atoms with Crippen LogP contribution in [0, 0.1) is 0 Å². The van der Waals surface area contributed by atoms with Crippen molar-refractivity contribution in [1.82, 2.24) is 10.2 Å². The molecule has 0 aliphatic carbocycles. The van der Waals surface area contributed by atoms with Crippen molar-refractivity contribution >= 4 is 6.09 Å². The number of hydrogen-bond donors (Lipinski definition) is 1. The van der Waals surface area contributed by atoms with Gasteiger partial charge < -0.3 is 15.0 Å². The van der Waals surface area contributed by atoms with Crippen molar-refractivity contribution in [2.24, 2.45) is 0 Å². The SMILES string of the molecule is CN(C[C@H]1CCCCN1)C(=O)OCc1ccccc1. The molecule has 0 saturated carbocycles. The number of nitrogens with zero attached hydrogens (tertiary/aromatic N) is 1. The van der Waals surface area contributed by atoms with E-state index < -0.39 is 0 Å². The average Bonchev–Trinajstić information content (AvgIpc) is 2.47. The van der Waals surface area contributed by atoms with Gasteiger partial charge in [-0.15, -0.1) is 0 Å². The highest BCUT2D eigenvalue weighted by molar-refractivity contribution is 5.67. The zero-order valence-electron chi connectivity index (χ0n) is 11.5. The van der Waals surface area contributed by atoms with Crippen LogP contribution in [0.4, 0.5) is 4.79 Å². The molecule has 1 N–H and O–H groups in total. The van der Waals surface area contributed by atoms with Crippen LogP contribution < -0.4 is 5.32 Å². The molecule has 104 valence electrons. The van der Waals surface area contributed by atoms with E-state index in [-0.39, 0.29) is 6.09 Å². The maximum atomic E-state index is 11.9. The van der Waals surface area contributed by atoms with Crippen molar-refractivity contribution < 1.29 is 9.53 Å². The van der Waals surface area contributed by atoms with Gasteiger partial charge in [-0.05, 0) is 24.9 Å². The van der Waals surface area contributed by atoms with Crippen LogP contribution >= 0.6 is 0 Å². The van der Waals surface area contributed by atoms with E-state index in [1.165, 1.54) is 12.8 Å². The lowest BCUT2D eigenvalue weighted by Gasteiger charge is -2.27. The molecule has 1 aliphatic heterocycles. The molecule has 1 atom stereocenters. The zero-order chi connectivity index (χ0) is 13.5. The second-order valence-electron chi connectivity index (χ2n) is 5.07. The average molecular weight is 262 g/mol. The highest BCUT2D eigenvalue weighted by atomic mass is 16.6. The third-order valence-corrected chi connectivity index (χ3v) is 3.42. The lowest BCUT2D eigenvalue weighted by atomic mass is 10.1. The van der Waals surface area contributed by atoms with Crippen LogP contribution in [0.2, 0.25) is 0 Å². The van der Waals surface area contributed by atoms with Crippen LogP contribution in [0.15, 0.2) is 30.3 Å². The van der Waals surface area contributed by atoms with Gasteiger partial charge in [-0.25, -0.2) is 4.79 Å². The molecule has 0 aromatic heterocycles. The van der Waals surface area contributed by atoms with Gasteiger partial charge in [0.2, 0.25) is 0 Å². The van der Waals surface area contributed by atoms with Gasteiger partial charge in [-0.2, -0.15) is 0 Å². The Balaban J connectivity index is 1.72. The Morgan fingerprint density at radius 2 is 2.16 bits per heavy atom. The van der Waals surface area contributed by atoms with Crippen LogP contribution in [-0.2, 0) is 11.3 Å². The number of piperidine rings is 1. The van der Waals surface area contributed by atoms with Crippen LogP contribution in [0.1, 0.15) is 24.8 Å². The fourth-order valence-corrected chi connectivity index (χ4v) is 2.31. The molecule has 0 spiro atoms. The van der Waals surface area contributed by atoms with Crippen molar-refractivity contribution in [3.05, 3.63) is 35.9 Å². The number of rotatable bonds is 4. The van der Waals surface area contributed by atoms with E-state index in [0.29, 0.717) is 19.2 Å². The smallest absolute Gasteiger partial charge is 0.409 e. The molecule has 2 rings (SSSR count). The standard InChI is InChI=1S/C15H22N2O2/c1-17(11-14-9-5-6-10-16-14)15(18)19-12-13-7-3-2-4-8-13/h2-4,7-8,14,16H,5-6,9-12H2,1H3/t14-/m1/s1. The maximum absolute atomic E-state index is 11.9. The molecule has 4 nitrogen and oxygen atoms in total. The minimum absolute atomic E-state index is 0.253. The van der Waals surface area contributed by atoms with E-state index >= 15 is 0 Å². The molecule has 4 heteroatoms. The molecule has 0 unspecified atom stereocenters. The third kappa shape index (κ3) is 4.56. The number of likely N-dealkylation sites (N-methyl/N-ethyl adjacent to an activating group) is 1. The first-order chi connectivity index (χ1) is 9.25. The predicted octanol–water partition coefficient (Wildman–Crippen LogP) is 2.40. The summed E-state index contributed by atoms with van der Waals surface area (Å²) in [6.07, 6.45) is 3.36. The van der Waals surface area contributed by atoms with Gasteiger partial charge >= 0.3 is 6.09 Å². The molecular weight excluding hydrogens is 240 g/mol. The topological polar surface area (TPSA) is 41.6 Å². The Morgan fingerprint density at radius 3 is 2.84 bits per heavy atom. The largest absolute Gasteiger partial charge is 0.445 e. The minimum atomic E-state index is -0.253. The van der Waals surface area contributed by atoms with Gasteiger partial charge in [0.15, 0.2) is 0 Å². The van der Waals surface area contributed by atoms with E-state index in [2.05, 4.69) is 5.32 Å². The normalized spacial score (nSPS) is 18.9. The summed E-state index contributed by atoms with van der Waals surface area (Å²) in [5, 5.41) is 3.43. The van der Waals surface area contributed by atoms with Gasteiger partial charge in [0.25, 0.3) is 0 Å². The second-order valence-corrected chi connectivity index (χ2v) is 5.07. The molecule has 1 aliphatic rings. The summed E-state index contributed by atoms with van der Waals surface area (Å²) in [5.41, 5.74) is 1.01. The highest BCUT2D eigenvalue weighted by Crippen LogP contribution is 2.09. The van der Waals surface area contributed by atoms with Crippen molar-refractivity contribution in [2.45, 2.75) is 31.9 Å². The first-order valence-electron chi connectivity index (χ1n) is 6.91. The lowest BCUT2D eigenvalue weighted by Crippen LogP contribution is -2.44. The van der Waals surface area contributed by atoms with Crippen LogP contribution in [0.5, 0.6) is 0 Å². The molecule has 1 fully saturated rings. The summed E-state index contributed by atoms with van der Waals surface area (Å²) in [6, 6.07) is 10.2. The van der Waals surface area contributed by atoms with E-state index in [0.717, 1.165) is 18.5 Å². The molecule has 1 aromatic rings. The summed E-state index contributed by atoms with van der Waals surface area (Å²) >= 11 is 0. The molecule has 0 bridgehead atoms. The lowest BCUT2D eigenvalue weighted by molar-refractivity contribution is 0.1000. The van der Waals surface area contributed by atoms with Gasteiger partial charge in [-0.3, -0.25) is 0 Å².